The van der Waals surface area contributed by atoms with Gasteiger partial charge in [0.1, 0.15) is 5.75 Å². The Morgan fingerprint density at radius 1 is 0.886 bits per heavy atom. The van der Waals surface area contributed by atoms with Gasteiger partial charge in [0.2, 0.25) is 5.91 Å². The van der Waals surface area contributed by atoms with Crippen LogP contribution in [0.1, 0.15) is 59.5 Å². The maximum atomic E-state index is 14.1. The van der Waals surface area contributed by atoms with Crippen LogP contribution in [-0.4, -0.2) is 93.3 Å². The van der Waals surface area contributed by atoms with Crippen molar-refractivity contribution in [2.75, 3.05) is 54.4 Å². The number of hydrogen-bond donors (Lipinski definition) is 1. The summed E-state index contributed by atoms with van der Waals surface area (Å²) in [6, 6.07) is 11.7. The van der Waals surface area contributed by atoms with Crippen molar-refractivity contribution in [3.63, 3.8) is 0 Å². The number of aromatic nitrogens is 1. The summed E-state index contributed by atoms with van der Waals surface area (Å²) in [5.41, 5.74) is 5.66. The fourth-order valence-electron chi connectivity index (χ4n) is 7.15. The highest BCUT2D eigenvalue weighted by molar-refractivity contribution is 7.87. The zero-order valence-electron chi connectivity index (χ0n) is 26.1. The molecule has 3 aliphatic rings. The molecule has 0 radical (unpaired) electrons. The second-order valence-electron chi connectivity index (χ2n) is 12.7. The van der Waals surface area contributed by atoms with Gasteiger partial charge in [-0.3, -0.25) is 9.59 Å². The first-order chi connectivity index (χ1) is 21.1. The predicted molar refractivity (Wildman–Crippen MR) is 171 cm³/mol. The summed E-state index contributed by atoms with van der Waals surface area (Å²) in [6.45, 7) is 2.22. The number of nitrogens with zero attached hydrogens (tertiary/aromatic N) is 4. The number of rotatable bonds is 2. The van der Waals surface area contributed by atoms with Crippen molar-refractivity contribution in [1.82, 2.24) is 23.4 Å². The second-order valence-corrected chi connectivity index (χ2v) is 14.5. The Hall–Kier alpha value is -3.41. The first-order valence-electron chi connectivity index (χ1n) is 15.6. The average Bonchev–Trinajstić information content (AvgIpc) is 3.23. The predicted octanol–water partition coefficient (Wildman–Crippen LogP) is 3.85. The average molecular weight is 622 g/mol. The number of methoxy groups -OCH3 is 1. The van der Waals surface area contributed by atoms with E-state index in [0.29, 0.717) is 38.5 Å². The van der Waals surface area contributed by atoms with Crippen molar-refractivity contribution in [1.29, 1.82) is 0 Å². The maximum Gasteiger partial charge on any atom is 0.303 e. The van der Waals surface area contributed by atoms with Crippen molar-refractivity contribution < 1.29 is 22.7 Å². The normalized spacial score (nSPS) is 22.5. The molecule has 1 N–H and O–H groups in total. The van der Waals surface area contributed by atoms with Crippen LogP contribution in [0.4, 0.5) is 0 Å². The number of ether oxygens (including phenoxy) is 1. The molecule has 4 bridgehead atoms. The Balaban J connectivity index is 1.58. The Morgan fingerprint density at radius 3 is 2.39 bits per heavy atom. The quantitative estimate of drug-likeness (QED) is 0.467. The van der Waals surface area contributed by atoms with Gasteiger partial charge < -0.3 is 19.1 Å². The van der Waals surface area contributed by atoms with Crippen LogP contribution in [-0.2, 0) is 28.0 Å². The van der Waals surface area contributed by atoms with Gasteiger partial charge in [-0.05, 0) is 73.7 Å². The zero-order chi connectivity index (χ0) is 31.2. The van der Waals surface area contributed by atoms with E-state index in [1.807, 2.05) is 37.2 Å². The van der Waals surface area contributed by atoms with Gasteiger partial charge >= 0.3 is 10.2 Å². The lowest BCUT2D eigenvalue weighted by atomic mass is 9.81. The summed E-state index contributed by atoms with van der Waals surface area (Å²) in [5, 5.41) is 1.06. The number of benzene rings is 2. The number of carbonyl (C=O) groups excluding carboxylic acids is 2. The molecule has 1 saturated carbocycles. The molecular weight excluding hydrogens is 578 g/mol. The van der Waals surface area contributed by atoms with Gasteiger partial charge in [-0.2, -0.15) is 12.7 Å². The maximum absolute atomic E-state index is 14.1. The van der Waals surface area contributed by atoms with E-state index in [-0.39, 0.29) is 23.9 Å². The number of fused-ring (bicyclic) bond motifs is 4. The molecule has 2 aliphatic heterocycles. The fourth-order valence-corrected chi connectivity index (χ4v) is 7.98. The molecule has 0 spiro atoms. The summed E-state index contributed by atoms with van der Waals surface area (Å²) in [5.74, 6) is 0.186. The standard InChI is InChI=1S/C33H43N5O5S/c1-35-14-16-36(2)33(40)25-18-24-19-26(43-4)11-13-27(24)31-30(22-8-6-5-7-9-22)28-12-10-23(20-29(28)38(31)21-25)32(39)34-44(41,42)37(3)17-15-35/h10-13,19-20,22,25H,5-9,14-18,21H2,1-4H3,(H,34,39). The van der Waals surface area contributed by atoms with E-state index in [1.165, 1.54) is 31.9 Å². The molecule has 3 heterocycles. The topological polar surface area (TPSA) is 104 Å². The molecule has 0 saturated heterocycles. The van der Waals surface area contributed by atoms with Gasteiger partial charge in [0.25, 0.3) is 5.91 Å². The van der Waals surface area contributed by atoms with Gasteiger partial charge in [0.05, 0.1) is 18.7 Å². The molecule has 2 aromatic carbocycles. The molecule has 6 rings (SSSR count). The Bertz CT molecular complexity index is 1690. The van der Waals surface area contributed by atoms with Crippen LogP contribution in [0.15, 0.2) is 36.4 Å². The fraction of sp³-hybridized carbons (Fsp3) is 0.515. The second kappa shape index (κ2) is 12.2. The van der Waals surface area contributed by atoms with Crippen LogP contribution in [0.3, 0.4) is 0 Å². The van der Waals surface area contributed by atoms with E-state index in [4.69, 9.17) is 4.74 Å². The monoisotopic (exact) mass is 621 g/mol. The molecule has 10 nitrogen and oxygen atoms in total. The number of amides is 2. The Labute approximate surface area is 260 Å². The van der Waals surface area contributed by atoms with Crippen LogP contribution < -0.4 is 9.46 Å². The van der Waals surface area contributed by atoms with Crippen LogP contribution in [0.25, 0.3) is 22.2 Å². The zero-order valence-corrected chi connectivity index (χ0v) is 27.0. The van der Waals surface area contributed by atoms with Crippen LogP contribution in [0.5, 0.6) is 5.75 Å². The van der Waals surface area contributed by atoms with Crippen LogP contribution >= 0.6 is 0 Å². The van der Waals surface area contributed by atoms with Gasteiger partial charge in [0, 0.05) is 68.8 Å². The van der Waals surface area contributed by atoms with Crippen LogP contribution in [0, 0.1) is 5.92 Å². The van der Waals surface area contributed by atoms with Gasteiger partial charge in [0.15, 0.2) is 0 Å². The lowest BCUT2D eigenvalue weighted by molar-refractivity contribution is -0.134. The Morgan fingerprint density at radius 2 is 1.64 bits per heavy atom. The van der Waals surface area contributed by atoms with Crippen LogP contribution in [0.2, 0.25) is 0 Å². The van der Waals surface area contributed by atoms with E-state index in [2.05, 4.69) is 21.4 Å². The molecule has 11 heteroatoms. The lowest BCUT2D eigenvalue weighted by Crippen LogP contribution is -2.45. The third-order valence-electron chi connectivity index (χ3n) is 9.79. The van der Waals surface area contributed by atoms with Crippen molar-refractivity contribution in [2.24, 2.45) is 5.92 Å². The number of nitrogens with one attached hydrogen (secondary N) is 1. The molecule has 1 aromatic heterocycles. The molecule has 236 valence electrons. The van der Waals surface area contributed by atoms with E-state index in [9.17, 15) is 18.0 Å². The molecule has 3 aromatic rings. The van der Waals surface area contributed by atoms with E-state index in [1.54, 1.807) is 18.1 Å². The highest BCUT2D eigenvalue weighted by atomic mass is 32.2. The van der Waals surface area contributed by atoms with E-state index < -0.39 is 16.1 Å². The van der Waals surface area contributed by atoms with Gasteiger partial charge in [-0.25, -0.2) is 4.72 Å². The minimum atomic E-state index is -4.05. The largest absolute Gasteiger partial charge is 0.497 e. The third kappa shape index (κ3) is 5.73. The summed E-state index contributed by atoms with van der Waals surface area (Å²) >= 11 is 0. The Kier molecular flexibility index (Phi) is 8.47. The minimum Gasteiger partial charge on any atom is -0.497 e. The molecule has 1 atom stereocenters. The minimum absolute atomic E-state index is 0.0685. The number of carbonyl (C=O) groups is 2. The first-order valence-corrected chi connectivity index (χ1v) is 17.1. The number of hydrogen-bond acceptors (Lipinski definition) is 6. The van der Waals surface area contributed by atoms with Gasteiger partial charge in [-0.1, -0.05) is 25.3 Å². The third-order valence-corrected chi connectivity index (χ3v) is 11.2. The van der Waals surface area contributed by atoms with Crippen molar-refractivity contribution in [2.45, 2.75) is 51.0 Å². The molecule has 1 aliphatic carbocycles. The summed E-state index contributed by atoms with van der Waals surface area (Å²) in [7, 11) is 2.83. The number of likely N-dealkylation sites (N-methyl/N-ethyl adjacent to an activating group) is 3. The van der Waals surface area contributed by atoms with E-state index >= 15 is 0 Å². The molecule has 1 unspecified atom stereocenters. The smallest absolute Gasteiger partial charge is 0.303 e. The van der Waals surface area contributed by atoms with E-state index in [0.717, 1.165) is 50.6 Å². The molecule has 44 heavy (non-hydrogen) atoms. The summed E-state index contributed by atoms with van der Waals surface area (Å²) < 4.78 is 37.5. The van der Waals surface area contributed by atoms with Crippen molar-refractivity contribution in [3.05, 3.63) is 53.1 Å². The van der Waals surface area contributed by atoms with Crippen molar-refractivity contribution >= 4 is 32.9 Å². The molecule has 1 fully saturated rings. The van der Waals surface area contributed by atoms with Crippen molar-refractivity contribution in [3.8, 4) is 17.0 Å². The highest BCUT2D eigenvalue weighted by Gasteiger charge is 2.34. The summed E-state index contributed by atoms with van der Waals surface area (Å²) in [6.07, 6.45) is 6.30. The molecular formula is C33H43N5O5S. The highest BCUT2D eigenvalue weighted by Crippen LogP contribution is 2.47. The molecule has 2 amide bonds. The first kappa shape index (κ1) is 30.6. The SMILES string of the molecule is COc1ccc2c(c1)CC1Cn3c-2c(C2CCCCC2)c2ccc(cc23)C(=O)NS(=O)(=O)N(C)CCN(C)CCN(C)C1=O. The summed E-state index contributed by atoms with van der Waals surface area (Å²) in [4.78, 5) is 31.4. The van der Waals surface area contributed by atoms with Gasteiger partial charge in [-0.15, -0.1) is 0 Å². The lowest BCUT2D eigenvalue weighted by Gasteiger charge is -2.27.